The molecule has 0 saturated heterocycles. The maximum Gasteiger partial charge on any atom is 0.206 e. The number of aromatic nitrogens is 3. The van der Waals surface area contributed by atoms with Crippen LogP contribution in [0.5, 0.6) is 0 Å². The van der Waals surface area contributed by atoms with Gasteiger partial charge in [-0.15, -0.1) is 28.1 Å². The van der Waals surface area contributed by atoms with E-state index >= 15 is 0 Å². The Morgan fingerprint density at radius 2 is 2.09 bits per heavy atom. The van der Waals surface area contributed by atoms with Crippen LogP contribution in [0.1, 0.15) is 11.3 Å². The largest absolute Gasteiger partial charge is 0.357 e. The van der Waals surface area contributed by atoms with Crippen LogP contribution in [0.4, 0.5) is 5.13 Å². The van der Waals surface area contributed by atoms with Gasteiger partial charge in [-0.05, 0) is 6.92 Å². The van der Waals surface area contributed by atoms with Gasteiger partial charge in [-0.2, -0.15) is 0 Å². The van der Waals surface area contributed by atoms with Crippen LogP contribution in [-0.2, 0) is 5.75 Å². The Hall–Kier alpha value is -1.70. The van der Waals surface area contributed by atoms with Crippen LogP contribution in [0.3, 0.4) is 0 Å². The molecule has 23 heavy (non-hydrogen) atoms. The number of rotatable bonds is 7. The summed E-state index contributed by atoms with van der Waals surface area (Å²) >= 11 is 4.90. The van der Waals surface area contributed by atoms with Crippen LogP contribution in [-0.4, -0.2) is 21.7 Å². The summed E-state index contributed by atoms with van der Waals surface area (Å²) in [5, 5.41) is 15.4. The average molecular weight is 361 g/mol. The number of aryl methyl sites for hydroxylation is 1. The zero-order valence-corrected chi connectivity index (χ0v) is 15.1. The molecule has 0 aliphatic rings. The smallest absolute Gasteiger partial charge is 0.206 e. The number of thiazole rings is 1. The fraction of sp³-hybridized carbons (Fsp3) is 0.188. The van der Waals surface area contributed by atoms with Crippen LogP contribution >= 0.6 is 34.4 Å². The van der Waals surface area contributed by atoms with Gasteiger partial charge >= 0.3 is 0 Å². The van der Waals surface area contributed by atoms with Crippen molar-refractivity contribution in [2.45, 2.75) is 17.0 Å². The van der Waals surface area contributed by atoms with Crippen LogP contribution in [0.2, 0.25) is 0 Å². The van der Waals surface area contributed by atoms with Gasteiger partial charge < -0.3 is 5.32 Å². The topological polar surface area (TPSA) is 50.7 Å². The van der Waals surface area contributed by atoms with Gasteiger partial charge in [0, 0.05) is 23.2 Å². The molecule has 0 aliphatic carbocycles. The molecule has 3 rings (SSSR count). The highest BCUT2D eigenvalue weighted by Gasteiger charge is 2.08. The lowest BCUT2D eigenvalue weighted by Crippen LogP contribution is -1.96. The molecule has 1 N–H and O–H groups in total. The Labute approximate surface area is 147 Å². The van der Waals surface area contributed by atoms with E-state index in [4.69, 9.17) is 4.98 Å². The SMILES string of the molecule is C=CCNc1nnc(SCc2csc(-c3ccc(C)cc3)n2)s1. The number of nitrogens with zero attached hydrogens (tertiary/aromatic N) is 3. The number of benzene rings is 1. The zero-order valence-electron chi connectivity index (χ0n) is 12.7. The summed E-state index contributed by atoms with van der Waals surface area (Å²) < 4.78 is 0.946. The molecule has 0 unspecified atom stereocenters. The lowest BCUT2D eigenvalue weighted by Gasteiger charge is -1.97. The first-order valence-corrected chi connectivity index (χ1v) is 9.75. The maximum atomic E-state index is 4.71. The second kappa shape index (κ2) is 7.72. The Bertz CT molecular complexity index is 777. The van der Waals surface area contributed by atoms with Crippen molar-refractivity contribution in [3.8, 4) is 10.6 Å². The Kier molecular flexibility index (Phi) is 5.43. The van der Waals surface area contributed by atoms with E-state index in [1.54, 1.807) is 40.5 Å². The Morgan fingerprint density at radius 1 is 1.26 bits per heavy atom. The number of hydrogen-bond acceptors (Lipinski definition) is 7. The third-order valence-corrected chi connectivity index (χ3v) is 5.99. The monoisotopic (exact) mass is 360 g/mol. The molecule has 118 valence electrons. The van der Waals surface area contributed by atoms with E-state index in [0.717, 1.165) is 25.9 Å². The third-order valence-electron chi connectivity index (χ3n) is 3.00. The van der Waals surface area contributed by atoms with E-state index in [2.05, 4.69) is 58.7 Å². The van der Waals surface area contributed by atoms with Gasteiger partial charge in [0.1, 0.15) is 5.01 Å². The highest BCUT2D eigenvalue weighted by molar-refractivity contribution is 8.00. The minimum Gasteiger partial charge on any atom is -0.357 e. The van der Waals surface area contributed by atoms with Crippen molar-refractivity contribution >= 4 is 39.6 Å². The van der Waals surface area contributed by atoms with Crippen molar-refractivity contribution < 1.29 is 0 Å². The maximum absolute atomic E-state index is 4.71. The van der Waals surface area contributed by atoms with Gasteiger partial charge in [0.05, 0.1) is 5.69 Å². The molecule has 0 bridgehead atoms. The Balaban J connectivity index is 1.59. The summed E-state index contributed by atoms with van der Waals surface area (Å²) in [6.07, 6.45) is 1.80. The molecular formula is C16H16N4S3. The summed E-state index contributed by atoms with van der Waals surface area (Å²) in [4.78, 5) is 4.71. The molecule has 2 heterocycles. The first kappa shape index (κ1) is 16.2. The first-order chi connectivity index (χ1) is 11.2. The minimum atomic E-state index is 0.700. The van der Waals surface area contributed by atoms with Gasteiger partial charge in [0.25, 0.3) is 0 Å². The molecule has 0 fully saturated rings. The van der Waals surface area contributed by atoms with Gasteiger partial charge in [0.2, 0.25) is 5.13 Å². The van der Waals surface area contributed by atoms with Crippen molar-refractivity contribution in [2.24, 2.45) is 0 Å². The fourth-order valence-electron chi connectivity index (χ4n) is 1.84. The molecule has 7 heteroatoms. The standard InChI is InChI=1S/C16H16N4S3/c1-3-8-17-15-19-20-16(23-15)22-10-13-9-21-14(18-13)12-6-4-11(2)5-7-12/h3-7,9H,1,8,10H2,2H3,(H,17,19). The molecule has 0 aliphatic heterocycles. The molecule has 1 aromatic carbocycles. The van der Waals surface area contributed by atoms with Crippen molar-refractivity contribution in [3.05, 3.63) is 53.6 Å². The van der Waals surface area contributed by atoms with Gasteiger partial charge in [-0.1, -0.05) is 59.0 Å². The lowest BCUT2D eigenvalue weighted by atomic mass is 10.2. The molecule has 0 radical (unpaired) electrons. The summed E-state index contributed by atoms with van der Waals surface area (Å²) in [7, 11) is 0. The third kappa shape index (κ3) is 4.40. The molecule has 4 nitrogen and oxygen atoms in total. The molecular weight excluding hydrogens is 344 g/mol. The predicted molar refractivity (Wildman–Crippen MR) is 100 cm³/mol. The molecule has 0 spiro atoms. The minimum absolute atomic E-state index is 0.700. The highest BCUT2D eigenvalue weighted by Crippen LogP contribution is 2.30. The van der Waals surface area contributed by atoms with Gasteiger partial charge in [-0.25, -0.2) is 4.98 Å². The number of thioether (sulfide) groups is 1. The van der Waals surface area contributed by atoms with Crippen molar-refractivity contribution in [2.75, 3.05) is 11.9 Å². The van der Waals surface area contributed by atoms with Crippen LogP contribution in [0, 0.1) is 6.92 Å². The number of hydrogen-bond donors (Lipinski definition) is 1. The lowest BCUT2D eigenvalue weighted by molar-refractivity contribution is 1.01. The van der Waals surface area contributed by atoms with Crippen LogP contribution in [0.25, 0.3) is 10.6 Å². The highest BCUT2D eigenvalue weighted by atomic mass is 32.2. The molecule has 0 amide bonds. The van der Waals surface area contributed by atoms with Crippen molar-refractivity contribution in [1.82, 2.24) is 15.2 Å². The summed E-state index contributed by atoms with van der Waals surface area (Å²) in [6.45, 7) is 6.46. The average Bonchev–Trinajstić information content (AvgIpc) is 3.21. The van der Waals surface area contributed by atoms with Gasteiger partial charge in [-0.3, -0.25) is 0 Å². The predicted octanol–water partition coefficient (Wildman–Crippen LogP) is 4.86. The van der Waals surface area contributed by atoms with Crippen LogP contribution in [0.15, 0.2) is 46.6 Å². The van der Waals surface area contributed by atoms with E-state index in [1.807, 2.05) is 0 Å². The molecule has 0 saturated carbocycles. The van der Waals surface area contributed by atoms with Crippen LogP contribution < -0.4 is 5.32 Å². The van der Waals surface area contributed by atoms with Crippen molar-refractivity contribution in [3.63, 3.8) is 0 Å². The van der Waals surface area contributed by atoms with E-state index in [-0.39, 0.29) is 0 Å². The fourth-order valence-corrected chi connectivity index (χ4v) is 4.42. The second-order valence-corrected chi connectivity index (χ2v) is 7.90. The summed E-state index contributed by atoms with van der Waals surface area (Å²) in [5.41, 5.74) is 3.51. The Morgan fingerprint density at radius 3 is 2.87 bits per heavy atom. The van der Waals surface area contributed by atoms with E-state index in [1.165, 1.54) is 11.1 Å². The van der Waals surface area contributed by atoms with E-state index in [0.29, 0.717) is 6.54 Å². The van der Waals surface area contributed by atoms with E-state index in [9.17, 15) is 0 Å². The zero-order chi connectivity index (χ0) is 16.1. The summed E-state index contributed by atoms with van der Waals surface area (Å²) in [5.74, 6) is 0.804. The summed E-state index contributed by atoms with van der Waals surface area (Å²) in [6, 6.07) is 8.47. The van der Waals surface area contributed by atoms with Gasteiger partial charge in [0.15, 0.2) is 4.34 Å². The quantitative estimate of drug-likeness (QED) is 0.482. The molecule has 2 aromatic heterocycles. The molecule has 3 aromatic rings. The normalized spacial score (nSPS) is 10.7. The first-order valence-electron chi connectivity index (χ1n) is 7.07. The van der Waals surface area contributed by atoms with Crippen molar-refractivity contribution in [1.29, 1.82) is 0 Å². The van der Waals surface area contributed by atoms with E-state index < -0.39 is 0 Å². The second-order valence-electron chi connectivity index (χ2n) is 4.84. The number of nitrogens with one attached hydrogen (secondary N) is 1. The number of anilines is 1. The molecule has 0 atom stereocenters.